The number of furan rings is 1. The van der Waals surface area contributed by atoms with Crippen molar-refractivity contribution in [2.24, 2.45) is 0 Å². The first-order valence-electron chi connectivity index (χ1n) is 8.94. The number of benzene rings is 2. The van der Waals surface area contributed by atoms with Gasteiger partial charge < -0.3 is 9.73 Å². The largest absolute Gasteiger partial charge is 0.461 e. The molecule has 0 saturated heterocycles. The monoisotopic (exact) mass is 359 g/mol. The number of nitrogens with one attached hydrogen (secondary N) is 1. The zero-order chi connectivity index (χ0) is 19.0. The Kier molecular flexibility index (Phi) is 4.28. The Hall–Kier alpha value is -3.34. The SMILES string of the molecule is Cc1cc2cc(C(=O)NC(C)c3cnn(-c4ccccc4)c3C)ccc2o1. The van der Waals surface area contributed by atoms with Crippen molar-refractivity contribution in [3.63, 3.8) is 0 Å². The third-order valence-corrected chi connectivity index (χ3v) is 4.76. The van der Waals surface area contributed by atoms with Crippen LogP contribution in [-0.2, 0) is 0 Å². The number of fused-ring (bicyclic) bond motifs is 1. The van der Waals surface area contributed by atoms with Crippen molar-refractivity contribution in [2.75, 3.05) is 0 Å². The number of nitrogens with zero attached hydrogens (tertiary/aromatic N) is 2. The van der Waals surface area contributed by atoms with Crippen LogP contribution in [0.4, 0.5) is 0 Å². The van der Waals surface area contributed by atoms with Crippen LogP contribution in [-0.4, -0.2) is 15.7 Å². The summed E-state index contributed by atoms with van der Waals surface area (Å²) in [6.45, 7) is 5.88. The molecule has 0 aliphatic carbocycles. The number of rotatable bonds is 4. The summed E-state index contributed by atoms with van der Waals surface area (Å²) in [6.07, 6.45) is 1.82. The van der Waals surface area contributed by atoms with Gasteiger partial charge in [0.05, 0.1) is 17.9 Å². The Labute approximate surface area is 157 Å². The zero-order valence-electron chi connectivity index (χ0n) is 15.6. The molecule has 0 fully saturated rings. The molecule has 4 rings (SSSR count). The third kappa shape index (κ3) is 3.24. The van der Waals surface area contributed by atoms with E-state index in [9.17, 15) is 4.79 Å². The molecule has 2 aromatic carbocycles. The van der Waals surface area contributed by atoms with Gasteiger partial charge in [-0.1, -0.05) is 18.2 Å². The predicted molar refractivity (Wildman–Crippen MR) is 105 cm³/mol. The van der Waals surface area contributed by atoms with Crippen molar-refractivity contribution in [3.8, 4) is 5.69 Å². The van der Waals surface area contributed by atoms with Gasteiger partial charge in [0.25, 0.3) is 5.91 Å². The lowest BCUT2D eigenvalue weighted by atomic mass is 10.1. The maximum absolute atomic E-state index is 12.7. The van der Waals surface area contributed by atoms with Crippen LogP contribution >= 0.6 is 0 Å². The van der Waals surface area contributed by atoms with Crippen molar-refractivity contribution < 1.29 is 9.21 Å². The summed E-state index contributed by atoms with van der Waals surface area (Å²) in [7, 11) is 0. The van der Waals surface area contributed by atoms with Gasteiger partial charge >= 0.3 is 0 Å². The lowest BCUT2D eigenvalue weighted by Gasteiger charge is -2.14. The maximum atomic E-state index is 12.7. The van der Waals surface area contributed by atoms with Gasteiger partial charge in [-0.3, -0.25) is 4.79 Å². The Bertz CT molecular complexity index is 1110. The van der Waals surface area contributed by atoms with Crippen LogP contribution in [0.5, 0.6) is 0 Å². The molecule has 0 radical (unpaired) electrons. The smallest absolute Gasteiger partial charge is 0.251 e. The van der Waals surface area contributed by atoms with E-state index in [1.165, 1.54) is 0 Å². The summed E-state index contributed by atoms with van der Waals surface area (Å²) < 4.78 is 7.46. The first kappa shape index (κ1) is 17.1. The van der Waals surface area contributed by atoms with Crippen molar-refractivity contribution in [3.05, 3.63) is 83.4 Å². The topological polar surface area (TPSA) is 60.1 Å². The van der Waals surface area contributed by atoms with Crippen LogP contribution < -0.4 is 5.32 Å². The van der Waals surface area contributed by atoms with Crippen molar-refractivity contribution in [1.29, 1.82) is 0 Å². The summed E-state index contributed by atoms with van der Waals surface area (Å²) >= 11 is 0. The lowest BCUT2D eigenvalue weighted by molar-refractivity contribution is 0.0940. The maximum Gasteiger partial charge on any atom is 0.251 e. The second-order valence-corrected chi connectivity index (χ2v) is 6.74. The van der Waals surface area contributed by atoms with E-state index in [2.05, 4.69) is 10.4 Å². The van der Waals surface area contributed by atoms with E-state index >= 15 is 0 Å². The standard InChI is InChI=1S/C22H21N3O2/c1-14-11-18-12-17(9-10-21(18)27-14)22(26)24-15(2)20-13-23-25(16(20)3)19-7-5-4-6-8-19/h4-13,15H,1-3H3,(H,24,26). The van der Waals surface area contributed by atoms with Crippen molar-refractivity contribution >= 4 is 16.9 Å². The minimum absolute atomic E-state index is 0.116. The molecule has 0 aliphatic heterocycles. The molecule has 1 unspecified atom stereocenters. The fourth-order valence-electron chi connectivity index (χ4n) is 3.35. The normalized spacial score (nSPS) is 12.3. The van der Waals surface area contributed by atoms with Crippen LogP contribution in [0.2, 0.25) is 0 Å². The number of carbonyl (C=O) groups is 1. The molecule has 27 heavy (non-hydrogen) atoms. The number of aryl methyl sites for hydroxylation is 1. The fourth-order valence-corrected chi connectivity index (χ4v) is 3.35. The van der Waals surface area contributed by atoms with Crippen LogP contribution in [0.25, 0.3) is 16.7 Å². The van der Waals surface area contributed by atoms with Gasteiger partial charge in [0.2, 0.25) is 0 Å². The molecule has 136 valence electrons. The van der Waals surface area contributed by atoms with Crippen LogP contribution in [0.3, 0.4) is 0 Å². The Morgan fingerprint density at radius 1 is 1.11 bits per heavy atom. The van der Waals surface area contributed by atoms with Crippen molar-refractivity contribution in [2.45, 2.75) is 26.8 Å². The summed E-state index contributed by atoms with van der Waals surface area (Å²) in [6, 6.07) is 17.2. The second kappa shape index (κ2) is 6.76. The van der Waals surface area contributed by atoms with E-state index in [0.717, 1.165) is 33.7 Å². The van der Waals surface area contributed by atoms with E-state index in [0.29, 0.717) is 5.56 Å². The summed E-state index contributed by atoms with van der Waals surface area (Å²) in [5.74, 6) is 0.718. The molecule has 0 bridgehead atoms. The van der Waals surface area contributed by atoms with Gasteiger partial charge in [-0.2, -0.15) is 5.10 Å². The number of hydrogen-bond donors (Lipinski definition) is 1. The lowest BCUT2D eigenvalue weighted by Crippen LogP contribution is -2.26. The molecule has 0 saturated carbocycles. The average Bonchev–Trinajstić information content (AvgIpc) is 3.23. The predicted octanol–water partition coefficient (Wildman–Crippen LogP) is 4.73. The molecule has 5 nitrogen and oxygen atoms in total. The highest BCUT2D eigenvalue weighted by molar-refractivity contribution is 5.98. The van der Waals surface area contributed by atoms with Gasteiger partial charge in [0.15, 0.2) is 0 Å². The van der Waals surface area contributed by atoms with E-state index in [-0.39, 0.29) is 11.9 Å². The molecule has 1 N–H and O–H groups in total. The van der Waals surface area contributed by atoms with Gasteiger partial charge in [0, 0.05) is 22.2 Å². The molecule has 1 amide bonds. The highest BCUT2D eigenvalue weighted by atomic mass is 16.3. The fraction of sp³-hybridized carbons (Fsp3) is 0.182. The molecule has 0 spiro atoms. The molecular formula is C22H21N3O2. The van der Waals surface area contributed by atoms with E-state index in [4.69, 9.17) is 4.42 Å². The summed E-state index contributed by atoms with van der Waals surface area (Å²) in [5.41, 5.74) is 4.41. The first-order valence-corrected chi connectivity index (χ1v) is 8.94. The molecule has 1 atom stereocenters. The second-order valence-electron chi connectivity index (χ2n) is 6.74. The minimum atomic E-state index is -0.156. The Morgan fingerprint density at radius 2 is 1.89 bits per heavy atom. The van der Waals surface area contributed by atoms with Crippen LogP contribution in [0.1, 0.15) is 40.3 Å². The quantitative estimate of drug-likeness (QED) is 0.573. The molecular weight excluding hydrogens is 338 g/mol. The summed E-state index contributed by atoms with van der Waals surface area (Å²) in [5, 5.41) is 8.48. The highest BCUT2D eigenvalue weighted by Crippen LogP contribution is 2.22. The van der Waals surface area contributed by atoms with E-state index in [1.54, 1.807) is 6.07 Å². The first-order chi connectivity index (χ1) is 13.0. The number of para-hydroxylation sites is 1. The molecule has 0 aliphatic rings. The Morgan fingerprint density at radius 3 is 2.67 bits per heavy atom. The van der Waals surface area contributed by atoms with Gasteiger partial charge in [-0.15, -0.1) is 0 Å². The molecule has 5 heteroatoms. The third-order valence-electron chi connectivity index (χ3n) is 4.76. The minimum Gasteiger partial charge on any atom is -0.461 e. The molecule has 4 aromatic rings. The molecule has 2 heterocycles. The van der Waals surface area contributed by atoms with Gasteiger partial charge in [-0.25, -0.2) is 4.68 Å². The van der Waals surface area contributed by atoms with Gasteiger partial charge in [0.1, 0.15) is 11.3 Å². The highest BCUT2D eigenvalue weighted by Gasteiger charge is 2.17. The molecule has 2 aromatic heterocycles. The summed E-state index contributed by atoms with van der Waals surface area (Å²) in [4.78, 5) is 12.7. The average molecular weight is 359 g/mol. The van der Waals surface area contributed by atoms with E-state index < -0.39 is 0 Å². The number of amides is 1. The number of hydrogen-bond acceptors (Lipinski definition) is 3. The number of aromatic nitrogens is 2. The van der Waals surface area contributed by atoms with Gasteiger partial charge in [-0.05, 0) is 57.2 Å². The Balaban J connectivity index is 1.55. The number of carbonyl (C=O) groups excluding carboxylic acids is 1. The zero-order valence-corrected chi connectivity index (χ0v) is 15.6. The van der Waals surface area contributed by atoms with E-state index in [1.807, 2.05) is 80.2 Å². The van der Waals surface area contributed by atoms with Crippen LogP contribution in [0, 0.1) is 13.8 Å². The van der Waals surface area contributed by atoms with Crippen molar-refractivity contribution in [1.82, 2.24) is 15.1 Å². The van der Waals surface area contributed by atoms with Crippen LogP contribution in [0.15, 0.2) is 65.2 Å².